The zero-order valence-electron chi connectivity index (χ0n) is 9.73. The number of hydrogen-bond acceptors (Lipinski definition) is 2. The van der Waals surface area contributed by atoms with E-state index in [0.717, 1.165) is 5.56 Å². The Morgan fingerprint density at radius 3 is 2.00 bits per heavy atom. The van der Waals surface area contributed by atoms with Crippen molar-refractivity contribution in [3.63, 3.8) is 0 Å². The maximum absolute atomic E-state index is 9.38. The molecule has 2 nitrogen and oxygen atoms in total. The Morgan fingerprint density at radius 1 is 1.00 bits per heavy atom. The normalized spacial score (nSPS) is 11.8. The lowest BCUT2D eigenvalue weighted by molar-refractivity contribution is 0.496. The SMILES string of the molecule is CC(C)c1cccc(P(O)O)c1C(C)C. The summed E-state index contributed by atoms with van der Waals surface area (Å²) in [6.07, 6.45) is 0. The first-order chi connectivity index (χ1) is 6.95. The van der Waals surface area contributed by atoms with Gasteiger partial charge in [-0.25, -0.2) is 0 Å². The fourth-order valence-electron chi connectivity index (χ4n) is 1.88. The van der Waals surface area contributed by atoms with Gasteiger partial charge in [0.25, 0.3) is 0 Å². The first-order valence-corrected chi connectivity index (χ1v) is 6.50. The van der Waals surface area contributed by atoms with Gasteiger partial charge >= 0.3 is 0 Å². The second kappa shape index (κ2) is 5.07. The fourth-order valence-corrected chi connectivity index (χ4v) is 2.70. The van der Waals surface area contributed by atoms with Crippen LogP contribution in [0.5, 0.6) is 0 Å². The largest absolute Gasteiger partial charge is 0.347 e. The molecule has 1 aromatic rings. The van der Waals surface area contributed by atoms with Crippen LogP contribution in [0.2, 0.25) is 0 Å². The molecule has 15 heavy (non-hydrogen) atoms. The molecule has 0 fully saturated rings. The van der Waals surface area contributed by atoms with E-state index in [-0.39, 0.29) is 0 Å². The number of benzene rings is 1. The van der Waals surface area contributed by atoms with Crippen LogP contribution >= 0.6 is 8.38 Å². The summed E-state index contributed by atoms with van der Waals surface area (Å²) >= 11 is 0. The van der Waals surface area contributed by atoms with Crippen molar-refractivity contribution in [1.82, 2.24) is 0 Å². The Balaban J connectivity index is 3.35. The van der Waals surface area contributed by atoms with E-state index in [1.807, 2.05) is 12.1 Å². The standard InChI is InChI=1S/C12H19O2P/c1-8(2)10-6-5-7-11(15(13)14)12(10)9(3)4/h5-9,13-14H,1-4H3. The molecule has 2 N–H and O–H groups in total. The molecule has 0 radical (unpaired) electrons. The highest BCUT2D eigenvalue weighted by Gasteiger charge is 2.18. The summed E-state index contributed by atoms with van der Waals surface area (Å²) in [6, 6.07) is 5.79. The van der Waals surface area contributed by atoms with Crippen LogP contribution in [-0.2, 0) is 0 Å². The van der Waals surface area contributed by atoms with Crippen LogP contribution in [0.4, 0.5) is 0 Å². The lowest BCUT2D eigenvalue weighted by atomic mass is 9.91. The van der Waals surface area contributed by atoms with Crippen molar-refractivity contribution in [2.45, 2.75) is 39.5 Å². The Kier molecular flexibility index (Phi) is 4.27. The smallest absolute Gasteiger partial charge is 0.199 e. The Hall–Kier alpha value is -0.430. The van der Waals surface area contributed by atoms with E-state index in [0.29, 0.717) is 17.1 Å². The second-order valence-electron chi connectivity index (χ2n) is 4.38. The van der Waals surface area contributed by atoms with Crippen molar-refractivity contribution in [1.29, 1.82) is 0 Å². The maximum atomic E-state index is 9.38. The summed E-state index contributed by atoms with van der Waals surface area (Å²) in [7, 11) is -1.99. The van der Waals surface area contributed by atoms with Gasteiger partial charge in [0.1, 0.15) is 0 Å². The minimum absolute atomic E-state index is 0.322. The van der Waals surface area contributed by atoms with Crippen LogP contribution in [0.3, 0.4) is 0 Å². The van der Waals surface area contributed by atoms with Gasteiger partial charge in [0, 0.05) is 5.30 Å². The summed E-state index contributed by atoms with van der Waals surface area (Å²) in [5, 5.41) is 0.700. The van der Waals surface area contributed by atoms with Gasteiger partial charge in [0.15, 0.2) is 8.38 Å². The molecule has 0 aliphatic heterocycles. The van der Waals surface area contributed by atoms with E-state index in [1.165, 1.54) is 5.56 Å². The van der Waals surface area contributed by atoms with Crippen LogP contribution in [0.15, 0.2) is 18.2 Å². The summed E-state index contributed by atoms with van der Waals surface area (Å²) in [5.41, 5.74) is 2.32. The molecule has 0 saturated heterocycles. The van der Waals surface area contributed by atoms with Crippen LogP contribution in [0.25, 0.3) is 0 Å². The molecule has 0 aliphatic rings. The molecule has 0 atom stereocenters. The van der Waals surface area contributed by atoms with E-state index in [2.05, 4.69) is 33.8 Å². The van der Waals surface area contributed by atoms with E-state index in [4.69, 9.17) is 0 Å². The summed E-state index contributed by atoms with van der Waals surface area (Å²) < 4.78 is 0. The van der Waals surface area contributed by atoms with Crippen molar-refractivity contribution >= 4 is 13.7 Å². The molecular weight excluding hydrogens is 207 g/mol. The molecule has 1 aromatic carbocycles. The maximum Gasteiger partial charge on any atom is 0.199 e. The first-order valence-electron chi connectivity index (χ1n) is 5.25. The van der Waals surface area contributed by atoms with Gasteiger partial charge in [0.2, 0.25) is 0 Å². The molecule has 0 amide bonds. The van der Waals surface area contributed by atoms with Crippen LogP contribution in [-0.4, -0.2) is 9.79 Å². The monoisotopic (exact) mass is 226 g/mol. The van der Waals surface area contributed by atoms with Gasteiger partial charge in [-0.15, -0.1) is 0 Å². The zero-order chi connectivity index (χ0) is 11.6. The summed E-state index contributed by atoms with van der Waals surface area (Å²) in [4.78, 5) is 18.8. The van der Waals surface area contributed by atoms with E-state index >= 15 is 0 Å². The highest BCUT2D eigenvalue weighted by Crippen LogP contribution is 2.32. The number of rotatable bonds is 3. The molecule has 0 aliphatic carbocycles. The molecule has 0 saturated carbocycles. The molecular formula is C12H19O2P. The third kappa shape index (κ3) is 2.78. The van der Waals surface area contributed by atoms with Gasteiger partial charge < -0.3 is 9.79 Å². The van der Waals surface area contributed by atoms with E-state index in [9.17, 15) is 9.79 Å². The first kappa shape index (κ1) is 12.6. The van der Waals surface area contributed by atoms with Gasteiger partial charge in [-0.1, -0.05) is 39.8 Å². The minimum atomic E-state index is -1.99. The number of hydrogen-bond donors (Lipinski definition) is 2. The molecule has 0 aromatic heterocycles. The predicted molar refractivity (Wildman–Crippen MR) is 65.6 cm³/mol. The Bertz CT molecular complexity index is 306. The van der Waals surface area contributed by atoms with Gasteiger partial charge in [-0.05, 0) is 29.0 Å². The topological polar surface area (TPSA) is 40.5 Å². The average Bonchev–Trinajstić information content (AvgIpc) is 2.16. The lowest BCUT2D eigenvalue weighted by Crippen LogP contribution is -2.13. The molecule has 1 rings (SSSR count). The van der Waals surface area contributed by atoms with E-state index < -0.39 is 8.38 Å². The minimum Gasteiger partial charge on any atom is -0.347 e. The third-order valence-electron chi connectivity index (χ3n) is 2.53. The molecule has 0 bridgehead atoms. The van der Waals surface area contributed by atoms with Gasteiger partial charge in [-0.2, -0.15) is 0 Å². The quantitative estimate of drug-likeness (QED) is 0.778. The molecule has 84 valence electrons. The zero-order valence-corrected chi connectivity index (χ0v) is 10.6. The van der Waals surface area contributed by atoms with Crippen molar-refractivity contribution < 1.29 is 9.79 Å². The van der Waals surface area contributed by atoms with Crippen molar-refractivity contribution in [2.75, 3.05) is 0 Å². The lowest BCUT2D eigenvalue weighted by Gasteiger charge is -2.20. The van der Waals surface area contributed by atoms with Gasteiger partial charge in [0.05, 0.1) is 0 Å². The molecule has 0 spiro atoms. The van der Waals surface area contributed by atoms with Crippen molar-refractivity contribution in [3.8, 4) is 0 Å². The highest BCUT2D eigenvalue weighted by atomic mass is 31.2. The van der Waals surface area contributed by atoms with Crippen LogP contribution < -0.4 is 5.30 Å². The molecule has 0 heterocycles. The van der Waals surface area contributed by atoms with Gasteiger partial charge in [-0.3, -0.25) is 0 Å². The average molecular weight is 226 g/mol. The summed E-state index contributed by atoms with van der Waals surface area (Å²) in [6.45, 7) is 8.43. The molecule has 3 heteroatoms. The summed E-state index contributed by atoms with van der Waals surface area (Å²) in [5.74, 6) is 0.736. The Morgan fingerprint density at radius 2 is 1.60 bits per heavy atom. The van der Waals surface area contributed by atoms with Crippen molar-refractivity contribution in [2.24, 2.45) is 0 Å². The van der Waals surface area contributed by atoms with Crippen LogP contribution in [0.1, 0.15) is 50.7 Å². The van der Waals surface area contributed by atoms with E-state index in [1.54, 1.807) is 0 Å². The Labute approximate surface area is 92.9 Å². The van der Waals surface area contributed by atoms with Crippen LogP contribution in [0, 0.1) is 0 Å². The fraction of sp³-hybridized carbons (Fsp3) is 0.500. The van der Waals surface area contributed by atoms with Crippen molar-refractivity contribution in [3.05, 3.63) is 29.3 Å². The third-order valence-corrected chi connectivity index (χ3v) is 3.35. The molecule has 0 unspecified atom stereocenters. The predicted octanol–water partition coefficient (Wildman–Crippen LogP) is 2.86. The highest BCUT2D eigenvalue weighted by molar-refractivity contribution is 7.54. The second-order valence-corrected chi connectivity index (χ2v) is 5.44.